The molecule has 0 bridgehead atoms. The molecular weight excluding hydrogens is 481 g/mol. The quantitative estimate of drug-likeness (QED) is 0.271. The zero-order chi connectivity index (χ0) is 21.4. The second kappa shape index (κ2) is 7.85. The predicted octanol–water partition coefficient (Wildman–Crippen LogP) is 6.21. The summed E-state index contributed by atoms with van der Waals surface area (Å²) in [6, 6.07) is 12.6. The number of anilines is 1. The van der Waals surface area contributed by atoms with Crippen LogP contribution >= 0.6 is 27.5 Å². The summed E-state index contributed by atoms with van der Waals surface area (Å²) in [5, 5.41) is 13.8. The van der Waals surface area contributed by atoms with E-state index in [1.165, 1.54) is 30.3 Å². The molecule has 0 aliphatic rings. The molecule has 7 nitrogen and oxygen atoms in total. The Hall–Kier alpha value is -3.30. The fraction of sp³-hybridized carbons (Fsp3) is 0. The highest BCUT2D eigenvalue weighted by Crippen LogP contribution is 2.31. The molecule has 3 aromatic carbocycles. The van der Waals surface area contributed by atoms with E-state index in [1.54, 1.807) is 18.2 Å². The fourth-order valence-electron chi connectivity index (χ4n) is 2.78. The maximum absolute atomic E-state index is 13.3. The summed E-state index contributed by atoms with van der Waals surface area (Å²) < 4.78 is 19.3. The van der Waals surface area contributed by atoms with E-state index in [9.17, 15) is 19.3 Å². The van der Waals surface area contributed by atoms with Crippen molar-refractivity contribution in [3.63, 3.8) is 0 Å². The molecule has 0 saturated carbocycles. The normalized spacial score (nSPS) is 10.9. The summed E-state index contributed by atoms with van der Waals surface area (Å²) in [6.07, 6.45) is 0. The highest BCUT2D eigenvalue weighted by atomic mass is 79.9. The van der Waals surface area contributed by atoms with Crippen LogP contribution in [0, 0.1) is 15.9 Å². The van der Waals surface area contributed by atoms with E-state index in [0.29, 0.717) is 26.8 Å². The number of oxazole rings is 1. The van der Waals surface area contributed by atoms with Crippen molar-refractivity contribution in [2.24, 2.45) is 0 Å². The summed E-state index contributed by atoms with van der Waals surface area (Å²) in [6.45, 7) is 0. The summed E-state index contributed by atoms with van der Waals surface area (Å²) >= 11 is 9.28. The molecule has 4 rings (SSSR count). The van der Waals surface area contributed by atoms with Gasteiger partial charge in [0.2, 0.25) is 5.89 Å². The largest absolute Gasteiger partial charge is 0.436 e. The van der Waals surface area contributed by atoms with Crippen LogP contribution in [0.4, 0.5) is 15.8 Å². The van der Waals surface area contributed by atoms with Crippen molar-refractivity contribution >= 4 is 55.9 Å². The minimum absolute atomic E-state index is 0.114. The number of nitrogens with one attached hydrogen (secondary N) is 1. The zero-order valence-electron chi connectivity index (χ0n) is 14.9. The number of fused-ring (bicyclic) bond motifs is 1. The van der Waals surface area contributed by atoms with Gasteiger partial charge in [-0.05, 0) is 58.4 Å². The van der Waals surface area contributed by atoms with Crippen LogP contribution in [-0.2, 0) is 0 Å². The van der Waals surface area contributed by atoms with Crippen LogP contribution in [0.2, 0.25) is 5.02 Å². The Morgan fingerprint density at radius 3 is 2.70 bits per heavy atom. The minimum atomic E-state index is -0.577. The van der Waals surface area contributed by atoms with Crippen LogP contribution in [0.25, 0.3) is 22.6 Å². The number of rotatable bonds is 4. The number of aromatic nitrogens is 1. The summed E-state index contributed by atoms with van der Waals surface area (Å²) in [7, 11) is 0. The van der Waals surface area contributed by atoms with Crippen molar-refractivity contribution in [2.45, 2.75) is 0 Å². The second-order valence-corrected chi connectivity index (χ2v) is 7.46. The van der Waals surface area contributed by atoms with Crippen LogP contribution in [0.3, 0.4) is 0 Å². The third kappa shape index (κ3) is 3.89. The van der Waals surface area contributed by atoms with E-state index >= 15 is 0 Å². The number of hydrogen-bond donors (Lipinski definition) is 1. The van der Waals surface area contributed by atoms with Gasteiger partial charge < -0.3 is 9.73 Å². The van der Waals surface area contributed by atoms with Crippen molar-refractivity contribution in [1.29, 1.82) is 0 Å². The molecular formula is C20H10BrClFN3O4. The monoisotopic (exact) mass is 489 g/mol. The van der Waals surface area contributed by atoms with E-state index in [0.717, 1.165) is 6.07 Å². The number of carbonyl (C=O) groups excluding carboxylic acids is 1. The van der Waals surface area contributed by atoms with Gasteiger partial charge in [0.1, 0.15) is 11.3 Å². The molecule has 0 radical (unpaired) electrons. The first-order valence-corrected chi connectivity index (χ1v) is 9.60. The molecule has 0 aliphatic heterocycles. The van der Waals surface area contributed by atoms with Crippen molar-refractivity contribution in [1.82, 2.24) is 4.98 Å². The average molecular weight is 491 g/mol. The van der Waals surface area contributed by atoms with Gasteiger partial charge in [-0.25, -0.2) is 9.37 Å². The van der Waals surface area contributed by atoms with Crippen molar-refractivity contribution in [2.75, 3.05) is 5.32 Å². The van der Waals surface area contributed by atoms with Crippen LogP contribution < -0.4 is 5.32 Å². The number of halogens is 3. The lowest BCUT2D eigenvalue weighted by atomic mass is 10.2. The molecule has 10 heteroatoms. The first-order valence-electron chi connectivity index (χ1n) is 8.43. The molecule has 150 valence electrons. The molecule has 4 aromatic rings. The Balaban J connectivity index is 1.64. The topological polar surface area (TPSA) is 98.3 Å². The summed E-state index contributed by atoms with van der Waals surface area (Å²) in [5.41, 5.74) is 1.65. The van der Waals surface area contributed by atoms with Gasteiger partial charge in [0, 0.05) is 22.3 Å². The van der Waals surface area contributed by atoms with E-state index in [1.807, 2.05) is 0 Å². The fourth-order valence-corrected chi connectivity index (χ4v) is 3.46. The van der Waals surface area contributed by atoms with Crippen molar-refractivity contribution in [3.05, 3.63) is 85.6 Å². The van der Waals surface area contributed by atoms with Gasteiger partial charge in [0.05, 0.1) is 21.1 Å². The van der Waals surface area contributed by atoms with Gasteiger partial charge in [-0.15, -0.1) is 0 Å². The number of benzene rings is 3. The Labute approximate surface area is 181 Å². The summed E-state index contributed by atoms with van der Waals surface area (Å²) in [5.74, 6) is -0.799. The molecule has 0 aliphatic carbocycles. The van der Waals surface area contributed by atoms with E-state index in [4.69, 9.17) is 16.0 Å². The first kappa shape index (κ1) is 20.0. The number of amides is 1. The van der Waals surface area contributed by atoms with Gasteiger partial charge >= 0.3 is 0 Å². The average Bonchev–Trinajstić information content (AvgIpc) is 3.11. The van der Waals surface area contributed by atoms with Gasteiger partial charge in [0.25, 0.3) is 11.6 Å². The molecule has 0 unspecified atom stereocenters. The number of nitrogens with zero attached hydrogens (tertiary/aromatic N) is 2. The predicted molar refractivity (Wildman–Crippen MR) is 113 cm³/mol. The third-order valence-electron chi connectivity index (χ3n) is 4.21. The molecule has 1 heterocycles. The van der Waals surface area contributed by atoms with Gasteiger partial charge in [-0.3, -0.25) is 14.9 Å². The lowest BCUT2D eigenvalue weighted by Gasteiger charge is -2.06. The van der Waals surface area contributed by atoms with E-state index in [-0.39, 0.29) is 22.2 Å². The number of non-ortho nitro benzene ring substituents is 1. The standard InChI is InChI=1S/C20H10BrClFN3O4/c21-15-5-3-12(26(28)29)9-14(15)19(27)24-11-2-6-18-17(8-11)25-20(30-18)13-4-1-10(23)7-16(13)22/h1-9H,(H,24,27). The molecule has 0 spiro atoms. The molecule has 0 saturated heterocycles. The third-order valence-corrected chi connectivity index (χ3v) is 5.22. The molecule has 0 fully saturated rings. The number of nitro groups is 1. The first-order chi connectivity index (χ1) is 14.3. The smallest absolute Gasteiger partial charge is 0.270 e. The van der Waals surface area contributed by atoms with Crippen molar-refractivity contribution < 1.29 is 18.5 Å². The molecule has 1 amide bonds. The Morgan fingerprint density at radius 1 is 1.17 bits per heavy atom. The van der Waals surface area contributed by atoms with Gasteiger partial charge in [0.15, 0.2) is 5.58 Å². The highest BCUT2D eigenvalue weighted by Gasteiger charge is 2.17. The van der Waals surface area contributed by atoms with Crippen LogP contribution in [0.5, 0.6) is 0 Å². The Kier molecular flexibility index (Phi) is 5.23. The maximum atomic E-state index is 13.3. The molecule has 30 heavy (non-hydrogen) atoms. The van der Waals surface area contributed by atoms with Crippen LogP contribution in [0.15, 0.2) is 63.5 Å². The maximum Gasteiger partial charge on any atom is 0.270 e. The highest BCUT2D eigenvalue weighted by molar-refractivity contribution is 9.10. The second-order valence-electron chi connectivity index (χ2n) is 6.20. The SMILES string of the molecule is O=C(Nc1ccc2oc(-c3ccc(F)cc3Cl)nc2c1)c1cc([N+](=O)[O-])ccc1Br. The number of hydrogen-bond acceptors (Lipinski definition) is 5. The number of carbonyl (C=O) groups is 1. The Morgan fingerprint density at radius 2 is 1.97 bits per heavy atom. The van der Waals surface area contributed by atoms with E-state index < -0.39 is 16.6 Å². The molecule has 1 aromatic heterocycles. The summed E-state index contributed by atoms with van der Waals surface area (Å²) in [4.78, 5) is 27.3. The van der Waals surface area contributed by atoms with Crippen LogP contribution in [-0.4, -0.2) is 15.8 Å². The number of nitro benzene ring substituents is 1. The van der Waals surface area contributed by atoms with Crippen LogP contribution in [0.1, 0.15) is 10.4 Å². The Bertz CT molecular complexity index is 1320. The van der Waals surface area contributed by atoms with Crippen molar-refractivity contribution in [3.8, 4) is 11.5 Å². The lowest BCUT2D eigenvalue weighted by molar-refractivity contribution is -0.384. The van der Waals surface area contributed by atoms with Gasteiger partial charge in [-0.1, -0.05) is 11.6 Å². The molecule has 1 N–H and O–H groups in total. The van der Waals surface area contributed by atoms with Gasteiger partial charge in [-0.2, -0.15) is 0 Å². The molecule has 0 atom stereocenters. The zero-order valence-corrected chi connectivity index (χ0v) is 17.2. The van der Waals surface area contributed by atoms with E-state index in [2.05, 4.69) is 26.2 Å². The minimum Gasteiger partial charge on any atom is -0.436 e. The lowest BCUT2D eigenvalue weighted by Crippen LogP contribution is -2.12.